The quantitative estimate of drug-likeness (QED) is 0.848. The van der Waals surface area contributed by atoms with Crippen LogP contribution in [0.4, 0.5) is 8.78 Å². The van der Waals surface area contributed by atoms with E-state index in [0.29, 0.717) is 5.69 Å². The van der Waals surface area contributed by atoms with Crippen molar-refractivity contribution in [2.75, 3.05) is 7.11 Å². The van der Waals surface area contributed by atoms with E-state index in [1.165, 1.54) is 7.11 Å². The van der Waals surface area contributed by atoms with Gasteiger partial charge in [-0.05, 0) is 31.5 Å². The Kier molecular flexibility index (Phi) is 2.88. The van der Waals surface area contributed by atoms with E-state index >= 15 is 0 Å². The molecule has 4 heteroatoms. The molecule has 1 aromatic carbocycles. The first-order chi connectivity index (χ1) is 8.02. The molecule has 2 aromatic rings. The fourth-order valence-corrected chi connectivity index (χ4v) is 1.90. The van der Waals surface area contributed by atoms with Crippen LogP contribution in [0.2, 0.25) is 0 Å². The normalized spacial score (nSPS) is 10.6. The van der Waals surface area contributed by atoms with Gasteiger partial charge in [-0.2, -0.15) is 0 Å². The lowest BCUT2D eigenvalue weighted by atomic mass is 10.1. The number of hydrogen-bond donors (Lipinski definition) is 1. The van der Waals surface area contributed by atoms with E-state index in [-0.39, 0.29) is 11.3 Å². The molecule has 0 radical (unpaired) electrons. The smallest absolute Gasteiger partial charge is 0.174 e. The molecule has 0 bridgehead atoms. The van der Waals surface area contributed by atoms with Crippen LogP contribution in [0.3, 0.4) is 0 Å². The highest BCUT2D eigenvalue weighted by molar-refractivity contribution is 5.66. The molecule has 0 spiro atoms. The SMILES string of the molecule is COc1cc(F)cc(-c2[nH]c(C)cc2C)c1F. The topological polar surface area (TPSA) is 25.0 Å². The molecule has 0 aliphatic heterocycles. The number of benzene rings is 1. The highest BCUT2D eigenvalue weighted by atomic mass is 19.1. The summed E-state index contributed by atoms with van der Waals surface area (Å²) in [6.07, 6.45) is 0. The summed E-state index contributed by atoms with van der Waals surface area (Å²) in [5.41, 5.74) is 2.54. The predicted molar refractivity (Wildman–Crippen MR) is 62.2 cm³/mol. The minimum absolute atomic E-state index is 0.0911. The summed E-state index contributed by atoms with van der Waals surface area (Å²) >= 11 is 0. The molecule has 1 heterocycles. The van der Waals surface area contributed by atoms with Crippen molar-refractivity contribution in [2.24, 2.45) is 0 Å². The molecule has 1 N–H and O–H groups in total. The minimum Gasteiger partial charge on any atom is -0.494 e. The molecule has 0 saturated heterocycles. The fraction of sp³-hybridized carbons (Fsp3) is 0.231. The Morgan fingerprint density at radius 2 is 1.82 bits per heavy atom. The summed E-state index contributed by atoms with van der Waals surface area (Å²) in [4.78, 5) is 3.02. The highest BCUT2D eigenvalue weighted by Crippen LogP contribution is 2.31. The van der Waals surface area contributed by atoms with Crippen LogP contribution in [0.5, 0.6) is 5.75 Å². The molecule has 90 valence electrons. The van der Waals surface area contributed by atoms with Gasteiger partial charge in [-0.3, -0.25) is 0 Å². The Balaban J connectivity index is 2.66. The number of aromatic amines is 1. The lowest BCUT2D eigenvalue weighted by Crippen LogP contribution is -1.94. The first-order valence-electron chi connectivity index (χ1n) is 5.22. The van der Waals surface area contributed by atoms with E-state index < -0.39 is 11.6 Å². The summed E-state index contributed by atoms with van der Waals surface area (Å²) in [5, 5.41) is 0. The van der Waals surface area contributed by atoms with Crippen molar-refractivity contribution in [2.45, 2.75) is 13.8 Å². The first-order valence-corrected chi connectivity index (χ1v) is 5.22. The summed E-state index contributed by atoms with van der Waals surface area (Å²) in [7, 11) is 1.31. The summed E-state index contributed by atoms with van der Waals surface area (Å²) < 4.78 is 32.2. The number of aryl methyl sites for hydroxylation is 2. The van der Waals surface area contributed by atoms with Gasteiger partial charge in [-0.25, -0.2) is 8.78 Å². The largest absolute Gasteiger partial charge is 0.494 e. The number of halogens is 2. The molecule has 1 aromatic heterocycles. The predicted octanol–water partition coefficient (Wildman–Crippen LogP) is 3.59. The Hall–Kier alpha value is -1.84. The van der Waals surface area contributed by atoms with Crippen LogP contribution in [-0.2, 0) is 0 Å². The molecule has 0 saturated carbocycles. The standard InChI is InChI=1S/C13H13F2NO/c1-7-4-8(2)16-13(7)10-5-9(14)6-11(17-3)12(10)15/h4-6,16H,1-3H3. The van der Waals surface area contributed by atoms with Crippen molar-refractivity contribution in [3.63, 3.8) is 0 Å². The third-order valence-electron chi connectivity index (χ3n) is 2.64. The van der Waals surface area contributed by atoms with Crippen molar-refractivity contribution < 1.29 is 13.5 Å². The number of hydrogen-bond acceptors (Lipinski definition) is 1. The van der Waals surface area contributed by atoms with Gasteiger partial charge < -0.3 is 9.72 Å². The number of H-pyrrole nitrogens is 1. The van der Waals surface area contributed by atoms with Crippen molar-refractivity contribution in [3.05, 3.63) is 41.1 Å². The van der Waals surface area contributed by atoms with Crippen molar-refractivity contribution in [3.8, 4) is 17.0 Å². The van der Waals surface area contributed by atoms with Crippen LogP contribution in [0, 0.1) is 25.5 Å². The molecule has 2 nitrogen and oxygen atoms in total. The summed E-state index contributed by atoms with van der Waals surface area (Å²) in [5.74, 6) is -1.17. The average Bonchev–Trinajstić information content (AvgIpc) is 2.60. The Morgan fingerprint density at radius 3 is 2.35 bits per heavy atom. The Labute approximate surface area is 98.2 Å². The van der Waals surface area contributed by atoms with Crippen molar-refractivity contribution >= 4 is 0 Å². The fourth-order valence-electron chi connectivity index (χ4n) is 1.90. The third-order valence-corrected chi connectivity index (χ3v) is 2.64. The zero-order chi connectivity index (χ0) is 12.6. The van der Waals surface area contributed by atoms with Crippen LogP contribution in [-0.4, -0.2) is 12.1 Å². The van der Waals surface area contributed by atoms with Crippen LogP contribution < -0.4 is 4.74 Å². The van der Waals surface area contributed by atoms with Gasteiger partial charge in [0.25, 0.3) is 0 Å². The molecule has 0 fully saturated rings. The van der Waals surface area contributed by atoms with Crippen LogP contribution in [0.15, 0.2) is 18.2 Å². The minimum atomic E-state index is -0.557. The second kappa shape index (κ2) is 4.20. The van der Waals surface area contributed by atoms with Crippen molar-refractivity contribution in [1.29, 1.82) is 0 Å². The lowest BCUT2D eigenvalue weighted by Gasteiger charge is -2.08. The van der Waals surface area contributed by atoms with Gasteiger partial charge >= 0.3 is 0 Å². The molecule has 0 aliphatic rings. The second-order valence-corrected chi connectivity index (χ2v) is 3.98. The number of methoxy groups -OCH3 is 1. The van der Waals surface area contributed by atoms with Crippen LogP contribution in [0.1, 0.15) is 11.3 Å². The van der Waals surface area contributed by atoms with Gasteiger partial charge in [0.2, 0.25) is 0 Å². The van der Waals surface area contributed by atoms with Gasteiger partial charge in [0.15, 0.2) is 11.6 Å². The molecule has 2 rings (SSSR count). The van der Waals surface area contributed by atoms with Crippen LogP contribution >= 0.6 is 0 Å². The zero-order valence-electron chi connectivity index (χ0n) is 9.90. The lowest BCUT2D eigenvalue weighted by molar-refractivity contribution is 0.383. The molecule has 0 atom stereocenters. The second-order valence-electron chi connectivity index (χ2n) is 3.98. The highest BCUT2D eigenvalue weighted by Gasteiger charge is 2.16. The molecular formula is C13H13F2NO. The third kappa shape index (κ3) is 2.02. The maximum Gasteiger partial charge on any atom is 0.174 e. The Bertz CT molecular complexity index is 561. The maximum absolute atomic E-state index is 14.0. The molecule has 17 heavy (non-hydrogen) atoms. The number of ether oxygens (including phenoxy) is 1. The van der Waals surface area contributed by atoms with E-state index in [4.69, 9.17) is 4.74 Å². The molecule has 0 amide bonds. The van der Waals surface area contributed by atoms with Crippen LogP contribution in [0.25, 0.3) is 11.3 Å². The van der Waals surface area contributed by atoms with Crippen molar-refractivity contribution in [1.82, 2.24) is 4.98 Å². The van der Waals surface area contributed by atoms with E-state index in [0.717, 1.165) is 23.4 Å². The van der Waals surface area contributed by atoms with Gasteiger partial charge in [-0.1, -0.05) is 0 Å². The maximum atomic E-state index is 14.0. The van der Waals surface area contributed by atoms with Gasteiger partial charge in [0, 0.05) is 17.3 Å². The zero-order valence-corrected chi connectivity index (χ0v) is 9.90. The number of nitrogens with one attached hydrogen (secondary N) is 1. The van der Waals surface area contributed by atoms with E-state index in [1.54, 1.807) is 0 Å². The summed E-state index contributed by atoms with van der Waals surface area (Å²) in [6, 6.07) is 4.08. The van der Waals surface area contributed by atoms with Gasteiger partial charge in [-0.15, -0.1) is 0 Å². The molecule has 0 unspecified atom stereocenters. The van der Waals surface area contributed by atoms with Gasteiger partial charge in [0.05, 0.1) is 12.8 Å². The Morgan fingerprint density at radius 1 is 1.12 bits per heavy atom. The monoisotopic (exact) mass is 237 g/mol. The molecular weight excluding hydrogens is 224 g/mol. The number of rotatable bonds is 2. The van der Waals surface area contributed by atoms with E-state index in [9.17, 15) is 8.78 Å². The number of aromatic nitrogens is 1. The summed E-state index contributed by atoms with van der Waals surface area (Å²) in [6.45, 7) is 3.71. The van der Waals surface area contributed by atoms with Gasteiger partial charge in [0.1, 0.15) is 5.82 Å². The molecule has 0 aliphatic carbocycles. The average molecular weight is 237 g/mol. The first kappa shape index (κ1) is 11.6. The van der Waals surface area contributed by atoms with E-state index in [1.807, 2.05) is 19.9 Å². The van der Waals surface area contributed by atoms with E-state index in [2.05, 4.69) is 4.98 Å².